The van der Waals surface area contributed by atoms with Gasteiger partial charge < -0.3 is 14.8 Å². The van der Waals surface area contributed by atoms with Crippen molar-refractivity contribution < 1.29 is 14.3 Å². The quantitative estimate of drug-likeness (QED) is 0.548. The first-order valence-corrected chi connectivity index (χ1v) is 9.09. The van der Waals surface area contributed by atoms with E-state index in [2.05, 4.69) is 15.4 Å². The van der Waals surface area contributed by atoms with Gasteiger partial charge in [-0.3, -0.25) is 4.79 Å². The van der Waals surface area contributed by atoms with E-state index in [1.165, 1.54) is 0 Å². The van der Waals surface area contributed by atoms with Gasteiger partial charge in [0.1, 0.15) is 5.75 Å². The number of fused-ring (bicyclic) bond motifs is 1. The topological polar surface area (TPSA) is 77.8 Å². The van der Waals surface area contributed by atoms with Crippen LogP contribution in [0.25, 0.3) is 5.65 Å². The van der Waals surface area contributed by atoms with Gasteiger partial charge in [-0.05, 0) is 50.2 Å². The number of rotatable bonds is 5. The third-order valence-electron chi connectivity index (χ3n) is 4.50. The fraction of sp³-hybridized carbons (Fsp3) is 0.136. The van der Waals surface area contributed by atoms with Crippen molar-refractivity contribution in [1.82, 2.24) is 14.6 Å². The Bertz CT molecular complexity index is 1180. The maximum atomic E-state index is 12.7. The normalized spacial score (nSPS) is 10.7. The molecule has 0 radical (unpaired) electrons. The Morgan fingerprint density at radius 1 is 1.03 bits per heavy atom. The van der Waals surface area contributed by atoms with Crippen LogP contribution < -0.4 is 14.8 Å². The number of para-hydroxylation sites is 2. The molecule has 0 bridgehead atoms. The zero-order valence-electron chi connectivity index (χ0n) is 16.3. The number of benzene rings is 2. The standard InChI is InChI=1S/C22H20N4O3/c1-14-12-21-23-13-18(15(2)26(21)25-14)22(27)24-16-8-10-17(11-9-16)29-20-7-5-4-6-19(20)28-3/h4-13H,1-3H3,(H,24,27). The second-order valence-electron chi connectivity index (χ2n) is 6.54. The van der Waals surface area contributed by atoms with E-state index in [0.717, 1.165) is 17.0 Å². The highest BCUT2D eigenvalue weighted by Gasteiger charge is 2.14. The second kappa shape index (κ2) is 7.63. The molecular weight excluding hydrogens is 368 g/mol. The summed E-state index contributed by atoms with van der Waals surface area (Å²) >= 11 is 0. The Morgan fingerprint density at radius 2 is 1.76 bits per heavy atom. The molecule has 0 unspecified atom stereocenters. The maximum Gasteiger partial charge on any atom is 0.259 e. The zero-order chi connectivity index (χ0) is 20.4. The Kier molecular flexibility index (Phi) is 4.87. The van der Waals surface area contributed by atoms with Crippen LogP contribution in [-0.4, -0.2) is 27.6 Å². The van der Waals surface area contributed by atoms with Crippen molar-refractivity contribution in [3.8, 4) is 17.2 Å². The molecule has 0 aliphatic heterocycles. The smallest absolute Gasteiger partial charge is 0.259 e. The summed E-state index contributed by atoms with van der Waals surface area (Å²) in [7, 11) is 1.60. The van der Waals surface area contributed by atoms with Crippen molar-refractivity contribution in [3.05, 3.63) is 77.7 Å². The van der Waals surface area contributed by atoms with Gasteiger partial charge in [-0.1, -0.05) is 12.1 Å². The molecule has 2 aromatic heterocycles. The molecule has 4 rings (SSSR count). The lowest BCUT2D eigenvalue weighted by Gasteiger charge is -2.11. The van der Waals surface area contributed by atoms with E-state index in [0.29, 0.717) is 28.5 Å². The number of nitrogens with one attached hydrogen (secondary N) is 1. The van der Waals surface area contributed by atoms with Crippen molar-refractivity contribution in [2.75, 3.05) is 12.4 Å². The van der Waals surface area contributed by atoms with Crippen LogP contribution in [0.4, 0.5) is 5.69 Å². The molecule has 1 amide bonds. The monoisotopic (exact) mass is 388 g/mol. The molecule has 1 N–H and O–H groups in total. The Labute approximate surface area is 167 Å². The van der Waals surface area contributed by atoms with Gasteiger partial charge in [0.2, 0.25) is 0 Å². The summed E-state index contributed by atoms with van der Waals surface area (Å²) in [6.45, 7) is 3.74. The average molecular weight is 388 g/mol. The summed E-state index contributed by atoms with van der Waals surface area (Å²) in [4.78, 5) is 17.0. The van der Waals surface area contributed by atoms with E-state index in [1.54, 1.807) is 42.1 Å². The van der Waals surface area contributed by atoms with Crippen LogP contribution >= 0.6 is 0 Å². The second-order valence-corrected chi connectivity index (χ2v) is 6.54. The molecule has 0 saturated carbocycles. The first-order chi connectivity index (χ1) is 14.0. The first kappa shape index (κ1) is 18.5. The van der Waals surface area contributed by atoms with Crippen LogP contribution in [0.15, 0.2) is 60.8 Å². The fourth-order valence-electron chi connectivity index (χ4n) is 3.02. The van der Waals surface area contributed by atoms with Crippen molar-refractivity contribution in [1.29, 1.82) is 0 Å². The van der Waals surface area contributed by atoms with Crippen LogP contribution in [0.1, 0.15) is 21.7 Å². The maximum absolute atomic E-state index is 12.7. The highest BCUT2D eigenvalue weighted by atomic mass is 16.5. The molecule has 2 aromatic carbocycles. The number of methoxy groups -OCH3 is 1. The molecule has 0 spiro atoms. The number of amides is 1. The number of carbonyl (C=O) groups excluding carboxylic acids is 1. The molecule has 7 nitrogen and oxygen atoms in total. The van der Waals surface area contributed by atoms with Crippen LogP contribution in [0.3, 0.4) is 0 Å². The van der Waals surface area contributed by atoms with E-state index in [1.807, 2.05) is 44.2 Å². The lowest BCUT2D eigenvalue weighted by Crippen LogP contribution is -2.16. The summed E-state index contributed by atoms with van der Waals surface area (Å²) in [6, 6.07) is 16.4. The Balaban J connectivity index is 1.50. The highest BCUT2D eigenvalue weighted by Crippen LogP contribution is 2.31. The average Bonchev–Trinajstić information content (AvgIpc) is 3.11. The van der Waals surface area contributed by atoms with Gasteiger partial charge in [-0.2, -0.15) is 5.10 Å². The van der Waals surface area contributed by atoms with E-state index < -0.39 is 0 Å². The van der Waals surface area contributed by atoms with E-state index in [9.17, 15) is 4.79 Å². The number of hydrogen-bond acceptors (Lipinski definition) is 5. The predicted molar refractivity (Wildman–Crippen MR) is 110 cm³/mol. The fourth-order valence-corrected chi connectivity index (χ4v) is 3.02. The summed E-state index contributed by atoms with van der Waals surface area (Å²) in [6.07, 6.45) is 1.57. The van der Waals surface area contributed by atoms with Crippen LogP contribution in [0, 0.1) is 13.8 Å². The third kappa shape index (κ3) is 3.75. The minimum atomic E-state index is -0.247. The van der Waals surface area contributed by atoms with Gasteiger partial charge >= 0.3 is 0 Å². The zero-order valence-corrected chi connectivity index (χ0v) is 16.3. The third-order valence-corrected chi connectivity index (χ3v) is 4.50. The molecule has 0 aliphatic carbocycles. The van der Waals surface area contributed by atoms with E-state index >= 15 is 0 Å². The lowest BCUT2D eigenvalue weighted by molar-refractivity contribution is 0.102. The molecule has 0 fully saturated rings. The van der Waals surface area contributed by atoms with Gasteiger partial charge in [-0.25, -0.2) is 9.50 Å². The van der Waals surface area contributed by atoms with Crippen molar-refractivity contribution in [3.63, 3.8) is 0 Å². The largest absolute Gasteiger partial charge is 0.493 e. The molecule has 29 heavy (non-hydrogen) atoms. The van der Waals surface area contributed by atoms with Gasteiger partial charge in [0.15, 0.2) is 17.1 Å². The van der Waals surface area contributed by atoms with E-state index in [4.69, 9.17) is 9.47 Å². The molecule has 7 heteroatoms. The van der Waals surface area contributed by atoms with Gasteiger partial charge in [0.05, 0.1) is 24.1 Å². The number of carbonyl (C=O) groups is 1. The lowest BCUT2D eigenvalue weighted by atomic mass is 10.2. The minimum Gasteiger partial charge on any atom is -0.493 e. The molecule has 146 valence electrons. The van der Waals surface area contributed by atoms with Crippen molar-refractivity contribution in [2.24, 2.45) is 0 Å². The highest BCUT2D eigenvalue weighted by molar-refractivity contribution is 6.04. The van der Waals surface area contributed by atoms with Crippen LogP contribution in [-0.2, 0) is 0 Å². The summed E-state index contributed by atoms with van der Waals surface area (Å²) < 4.78 is 12.8. The predicted octanol–water partition coefficient (Wildman–Crippen LogP) is 4.40. The van der Waals surface area contributed by atoms with Crippen LogP contribution in [0.2, 0.25) is 0 Å². The molecule has 0 saturated heterocycles. The van der Waals surface area contributed by atoms with E-state index in [-0.39, 0.29) is 5.91 Å². The van der Waals surface area contributed by atoms with Gasteiger partial charge in [-0.15, -0.1) is 0 Å². The molecule has 2 heterocycles. The summed E-state index contributed by atoms with van der Waals surface area (Å²) in [5, 5.41) is 7.26. The Hall–Kier alpha value is -3.87. The first-order valence-electron chi connectivity index (χ1n) is 9.09. The molecular formula is C22H20N4O3. The minimum absolute atomic E-state index is 0.247. The number of ether oxygens (including phenoxy) is 2. The number of aryl methyl sites for hydroxylation is 2. The van der Waals surface area contributed by atoms with Crippen molar-refractivity contribution >= 4 is 17.2 Å². The SMILES string of the molecule is COc1ccccc1Oc1ccc(NC(=O)c2cnc3cc(C)nn3c2C)cc1. The van der Waals surface area contributed by atoms with Crippen molar-refractivity contribution in [2.45, 2.75) is 13.8 Å². The number of anilines is 1. The Morgan fingerprint density at radius 3 is 2.48 bits per heavy atom. The van der Waals surface area contributed by atoms with Gasteiger partial charge in [0, 0.05) is 18.0 Å². The van der Waals surface area contributed by atoms with Crippen LogP contribution in [0.5, 0.6) is 17.2 Å². The molecule has 4 aromatic rings. The molecule has 0 aliphatic rings. The number of aromatic nitrogens is 3. The van der Waals surface area contributed by atoms with Gasteiger partial charge in [0.25, 0.3) is 5.91 Å². The summed E-state index contributed by atoms with van der Waals surface area (Å²) in [5.74, 6) is 1.66. The molecule has 0 atom stereocenters. The summed E-state index contributed by atoms with van der Waals surface area (Å²) in [5.41, 5.74) is 3.42. The number of hydrogen-bond donors (Lipinski definition) is 1. The number of nitrogens with zero attached hydrogens (tertiary/aromatic N) is 3.